The average molecular weight is 403 g/mol. The summed E-state index contributed by atoms with van der Waals surface area (Å²) in [6.07, 6.45) is 0.488. The van der Waals surface area contributed by atoms with Crippen molar-refractivity contribution in [1.29, 1.82) is 0 Å². The molecule has 2 nitrogen and oxygen atoms in total. The Bertz CT molecular complexity index is 599. The van der Waals surface area contributed by atoms with Gasteiger partial charge in [-0.1, -0.05) is 37.9 Å². The highest BCUT2D eigenvalue weighted by Crippen LogP contribution is 2.31. The molecule has 20 heavy (non-hydrogen) atoms. The second-order valence-electron chi connectivity index (χ2n) is 4.40. The van der Waals surface area contributed by atoms with E-state index in [0.717, 1.165) is 15.8 Å². The van der Waals surface area contributed by atoms with Gasteiger partial charge < -0.3 is 10.5 Å². The molecule has 5 heteroatoms. The standard InChI is InChI=1S/C15H14Br2FNO/c1-20-14-6-5-10(16)7-9(14)8-13(19)15-11(17)3-2-4-12(15)18/h2-7,13H,8,19H2,1H3. The number of nitrogens with two attached hydrogens (primary N) is 1. The molecule has 106 valence electrons. The van der Waals surface area contributed by atoms with Gasteiger partial charge in [-0.05, 0) is 42.3 Å². The van der Waals surface area contributed by atoms with Crippen LogP contribution in [0.5, 0.6) is 5.75 Å². The summed E-state index contributed by atoms with van der Waals surface area (Å²) < 4.78 is 20.8. The van der Waals surface area contributed by atoms with E-state index < -0.39 is 6.04 Å². The van der Waals surface area contributed by atoms with E-state index in [1.807, 2.05) is 18.2 Å². The van der Waals surface area contributed by atoms with Gasteiger partial charge in [0.15, 0.2) is 0 Å². The molecule has 1 atom stereocenters. The van der Waals surface area contributed by atoms with Gasteiger partial charge in [-0.15, -0.1) is 0 Å². The highest BCUT2D eigenvalue weighted by atomic mass is 79.9. The lowest BCUT2D eigenvalue weighted by Gasteiger charge is -2.17. The number of hydrogen-bond donors (Lipinski definition) is 1. The molecule has 0 amide bonds. The van der Waals surface area contributed by atoms with Crippen molar-refractivity contribution in [3.63, 3.8) is 0 Å². The van der Waals surface area contributed by atoms with Gasteiger partial charge in [0.2, 0.25) is 0 Å². The van der Waals surface area contributed by atoms with Crippen molar-refractivity contribution in [3.8, 4) is 5.75 Å². The predicted octanol–water partition coefficient (Wildman–Crippen LogP) is 4.60. The molecule has 0 bridgehead atoms. The van der Waals surface area contributed by atoms with Gasteiger partial charge in [-0.3, -0.25) is 0 Å². The Morgan fingerprint density at radius 2 is 2.00 bits per heavy atom. The van der Waals surface area contributed by atoms with Gasteiger partial charge in [-0.25, -0.2) is 4.39 Å². The van der Waals surface area contributed by atoms with E-state index in [1.165, 1.54) is 6.07 Å². The minimum Gasteiger partial charge on any atom is -0.496 e. The van der Waals surface area contributed by atoms with Gasteiger partial charge in [-0.2, -0.15) is 0 Å². The Kier molecular flexibility index (Phi) is 5.18. The summed E-state index contributed by atoms with van der Waals surface area (Å²) in [5.74, 6) is 0.442. The van der Waals surface area contributed by atoms with E-state index in [0.29, 0.717) is 16.5 Å². The van der Waals surface area contributed by atoms with Crippen LogP contribution in [0.3, 0.4) is 0 Å². The Balaban J connectivity index is 2.32. The maximum Gasteiger partial charge on any atom is 0.129 e. The fourth-order valence-corrected chi connectivity index (χ4v) is 3.16. The second-order valence-corrected chi connectivity index (χ2v) is 6.17. The SMILES string of the molecule is COc1ccc(Br)cc1CC(N)c1c(F)cccc1Br. The van der Waals surface area contributed by atoms with Crippen LogP contribution in [0.25, 0.3) is 0 Å². The van der Waals surface area contributed by atoms with Gasteiger partial charge >= 0.3 is 0 Å². The smallest absolute Gasteiger partial charge is 0.129 e. The lowest BCUT2D eigenvalue weighted by atomic mass is 9.98. The summed E-state index contributed by atoms with van der Waals surface area (Å²) >= 11 is 6.77. The summed E-state index contributed by atoms with van der Waals surface area (Å²) in [6, 6.07) is 10.1. The number of benzene rings is 2. The first kappa shape index (κ1) is 15.5. The van der Waals surface area contributed by atoms with E-state index in [1.54, 1.807) is 19.2 Å². The second kappa shape index (κ2) is 6.70. The first-order chi connectivity index (χ1) is 9.52. The number of ether oxygens (including phenoxy) is 1. The van der Waals surface area contributed by atoms with E-state index in [2.05, 4.69) is 31.9 Å². The van der Waals surface area contributed by atoms with Crippen molar-refractivity contribution < 1.29 is 9.13 Å². The first-order valence-electron chi connectivity index (χ1n) is 6.05. The molecule has 0 saturated carbocycles. The Labute approximate surface area is 134 Å². The van der Waals surface area contributed by atoms with Crippen LogP contribution >= 0.6 is 31.9 Å². The molecule has 0 aliphatic carbocycles. The summed E-state index contributed by atoms with van der Waals surface area (Å²) in [4.78, 5) is 0. The number of rotatable bonds is 4. The fraction of sp³-hybridized carbons (Fsp3) is 0.200. The van der Waals surface area contributed by atoms with E-state index >= 15 is 0 Å². The van der Waals surface area contributed by atoms with Crippen LogP contribution < -0.4 is 10.5 Å². The van der Waals surface area contributed by atoms with Crippen LogP contribution in [0.15, 0.2) is 45.3 Å². The highest BCUT2D eigenvalue weighted by Gasteiger charge is 2.17. The van der Waals surface area contributed by atoms with E-state index in [9.17, 15) is 4.39 Å². The first-order valence-corrected chi connectivity index (χ1v) is 7.63. The van der Waals surface area contributed by atoms with Crippen molar-refractivity contribution in [2.45, 2.75) is 12.5 Å². The third-order valence-corrected chi connectivity index (χ3v) is 4.24. The predicted molar refractivity (Wildman–Crippen MR) is 85.4 cm³/mol. The Hall–Kier alpha value is -0.910. The molecule has 2 N–H and O–H groups in total. The number of hydrogen-bond acceptors (Lipinski definition) is 2. The Morgan fingerprint density at radius 1 is 1.25 bits per heavy atom. The third-order valence-electron chi connectivity index (χ3n) is 3.05. The van der Waals surface area contributed by atoms with Crippen LogP contribution in [0.1, 0.15) is 17.2 Å². The molecule has 2 aromatic carbocycles. The van der Waals surface area contributed by atoms with Crippen molar-refractivity contribution >= 4 is 31.9 Å². The van der Waals surface area contributed by atoms with Crippen molar-refractivity contribution in [2.75, 3.05) is 7.11 Å². The molecule has 0 fully saturated rings. The quantitative estimate of drug-likeness (QED) is 0.810. The van der Waals surface area contributed by atoms with Crippen LogP contribution in [-0.4, -0.2) is 7.11 Å². The topological polar surface area (TPSA) is 35.2 Å². The van der Waals surface area contributed by atoms with Gasteiger partial charge in [0, 0.05) is 20.6 Å². The maximum atomic E-state index is 13.9. The normalized spacial score (nSPS) is 12.2. The number of methoxy groups -OCH3 is 1. The van der Waals surface area contributed by atoms with Crippen molar-refractivity contribution in [2.24, 2.45) is 5.73 Å². The van der Waals surface area contributed by atoms with Crippen LogP contribution in [-0.2, 0) is 6.42 Å². The zero-order chi connectivity index (χ0) is 14.7. The molecule has 2 rings (SSSR count). The summed E-state index contributed by atoms with van der Waals surface area (Å²) in [7, 11) is 1.61. The third kappa shape index (κ3) is 3.40. The molecule has 0 saturated heterocycles. The lowest BCUT2D eigenvalue weighted by molar-refractivity contribution is 0.407. The molecule has 0 aromatic heterocycles. The van der Waals surface area contributed by atoms with Crippen LogP contribution in [0.4, 0.5) is 4.39 Å². The van der Waals surface area contributed by atoms with Gasteiger partial charge in [0.05, 0.1) is 7.11 Å². The maximum absolute atomic E-state index is 13.9. The zero-order valence-corrected chi connectivity index (χ0v) is 14.0. The van der Waals surface area contributed by atoms with Gasteiger partial charge in [0.25, 0.3) is 0 Å². The van der Waals surface area contributed by atoms with E-state index in [-0.39, 0.29) is 5.82 Å². The lowest BCUT2D eigenvalue weighted by Crippen LogP contribution is -2.16. The minimum absolute atomic E-state index is 0.305. The summed E-state index contributed by atoms with van der Waals surface area (Å²) in [6.45, 7) is 0. The molecule has 1 unspecified atom stereocenters. The largest absolute Gasteiger partial charge is 0.496 e. The molecule has 2 aromatic rings. The molecule has 0 heterocycles. The minimum atomic E-state index is -0.450. The average Bonchev–Trinajstić information content (AvgIpc) is 2.38. The van der Waals surface area contributed by atoms with Gasteiger partial charge in [0.1, 0.15) is 11.6 Å². The molecule has 0 spiro atoms. The van der Waals surface area contributed by atoms with Crippen molar-refractivity contribution in [1.82, 2.24) is 0 Å². The summed E-state index contributed by atoms with van der Waals surface area (Å²) in [5.41, 5.74) is 7.58. The van der Waals surface area contributed by atoms with Crippen molar-refractivity contribution in [3.05, 3.63) is 62.3 Å². The molecule has 0 radical (unpaired) electrons. The molecular formula is C15H14Br2FNO. The molecular weight excluding hydrogens is 389 g/mol. The monoisotopic (exact) mass is 401 g/mol. The van der Waals surface area contributed by atoms with Crippen LogP contribution in [0.2, 0.25) is 0 Å². The summed E-state index contributed by atoms with van der Waals surface area (Å²) in [5, 5.41) is 0. The molecule has 0 aliphatic heterocycles. The highest BCUT2D eigenvalue weighted by molar-refractivity contribution is 9.10. The van der Waals surface area contributed by atoms with Crippen LogP contribution in [0, 0.1) is 5.82 Å². The zero-order valence-electron chi connectivity index (χ0n) is 10.9. The molecule has 0 aliphatic rings. The number of halogens is 3. The fourth-order valence-electron chi connectivity index (χ4n) is 2.11. The Morgan fingerprint density at radius 3 is 2.65 bits per heavy atom. The van der Waals surface area contributed by atoms with E-state index in [4.69, 9.17) is 10.5 Å².